The van der Waals surface area contributed by atoms with E-state index in [4.69, 9.17) is 15.2 Å². The van der Waals surface area contributed by atoms with Crippen LogP contribution in [-0.2, 0) is 9.53 Å². The highest BCUT2D eigenvalue weighted by Gasteiger charge is 2.31. The smallest absolute Gasteiger partial charge is 0.412 e. The number of fused-ring (bicyclic) bond motifs is 1. The minimum atomic E-state index is -1.22. The number of carbonyl (C=O) groups is 2. The van der Waals surface area contributed by atoms with Crippen LogP contribution in [-0.4, -0.2) is 23.2 Å². The van der Waals surface area contributed by atoms with Gasteiger partial charge in [0.25, 0.3) is 0 Å². The number of phenols is 1. The van der Waals surface area contributed by atoms with E-state index in [-0.39, 0.29) is 11.3 Å². The topological polar surface area (TPSA) is 123 Å². The molecule has 44 heavy (non-hydrogen) atoms. The van der Waals surface area contributed by atoms with Crippen molar-refractivity contribution in [1.29, 1.82) is 0 Å². The Balaban J connectivity index is 1.51. The van der Waals surface area contributed by atoms with Crippen LogP contribution in [0.25, 0.3) is 10.8 Å². The molecule has 0 bridgehead atoms. The van der Waals surface area contributed by atoms with Crippen LogP contribution in [0.15, 0.2) is 130 Å². The molecule has 0 spiro atoms. The summed E-state index contributed by atoms with van der Waals surface area (Å²) in [5.41, 5.74) is 7.61. The molecule has 222 valence electrons. The summed E-state index contributed by atoms with van der Waals surface area (Å²) in [6.07, 6.45) is -0.348. The first-order chi connectivity index (χ1) is 21.3. The van der Waals surface area contributed by atoms with Gasteiger partial charge in [-0.3, -0.25) is 10.1 Å². The van der Waals surface area contributed by atoms with Crippen molar-refractivity contribution in [1.82, 2.24) is 0 Å². The average molecular weight is 717 g/mol. The molecule has 10 heteroatoms. The maximum absolute atomic E-state index is 13.5. The number of benzene rings is 5. The molecule has 5 aromatic rings. The number of carbonyl (C=O) groups excluding carboxylic acids is 2. The number of para-hydroxylation sites is 3. The third kappa shape index (κ3) is 7.58. The second kappa shape index (κ2) is 14.1. The summed E-state index contributed by atoms with van der Waals surface area (Å²) in [6, 6.07) is 32.2. The van der Waals surface area contributed by atoms with Crippen LogP contribution in [0, 0.1) is 0 Å². The molecular weight excluding hydrogens is 690 g/mol. The lowest BCUT2D eigenvalue weighted by Crippen LogP contribution is -2.30. The number of nitrogen functional groups attached to an aromatic ring is 1. The number of phenolic OH excluding ortho intramolecular Hbond substituents is 1. The first-order valence-corrected chi connectivity index (χ1v) is 15.1. The Morgan fingerprint density at radius 3 is 2.30 bits per heavy atom. The summed E-state index contributed by atoms with van der Waals surface area (Å²) in [7, 11) is 0. The number of ether oxygens (including phenoxy) is 2. The zero-order chi connectivity index (χ0) is 31.1. The Morgan fingerprint density at radius 1 is 0.818 bits per heavy atom. The van der Waals surface area contributed by atoms with Gasteiger partial charge in [-0.05, 0) is 69.9 Å². The van der Waals surface area contributed by atoms with Crippen LogP contribution >= 0.6 is 31.9 Å². The molecule has 0 aliphatic rings. The number of rotatable bonds is 9. The van der Waals surface area contributed by atoms with E-state index in [2.05, 4.69) is 42.5 Å². The zero-order valence-electron chi connectivity index (χ0n) is 23.1. The lowest BCUT2D eigenvalue weighted by molar-refractivity contribution is -0.112. The number of hydrogen-bond acceptors (Lipinski definition) is 6. The van der Waals surface area contributed by atoms with Crippen molar-refractivity contribution >= 4 is 71.7 Å². The van der Waals surface area contributed by atoms with Crippen molar-refractivity contribution < 1.29 is 24.2 Å². The third-order valence-electron chi connectivity index (χ3n) is 6.59. The maximum atomic E-state index is 13.5. The molecular formula is C34H27Br2N3O5. The molecule has 5 rings (SSSR count). The minimum absolute atomic E-state index is 0.160. The summed E-state index contributed by atoms with van der Waals surface area (Å²) < 4.78 is 13.3. The van der Waals surface area contributed by atoms with Crippen LogP contribution in [0.1, 0.15) is 11.7 Å². The van der Waals surface area contributed by atoms with Crippen molar-refractivity contribution in [2.45, 2.75) is 12.2 Å². The maximum Gasteiger partial charge on any atom is 0.412 e. The average Bonchev–Trinajstić information content (AvgIpc) is 3.02. The molecule has 0 unspecified atom stereocenters. The number of halogens is 2. The van der Waals surface area contributed by atoms with E-state index >= 15 is 0 Å². The van der Waals surface area contributed by atoms with Crippen LogP contribution in [0.5, 0.6) is 11.5 Å². The number of nitrogens with one attached hydrogen (secondary N) is 2. The van der Waals surface area contributed by atoms with E-state index in [1.54, 1.807) is 66.7 Å². The van der Waals surface area contributed by atoms with Crippen LogP contribution in [0.4, 0.5) is 21.9 Å². The van der Waals surface area contributed by atoms with Gasteiger partial charge in [0.05, 0.1) is 21.5 Å². The van der Waals surface area contributed by atoms with E-state index in [9.17, 15) is 14.7 Å². The zero-order valence-corrected chi connectivity index (χ0v) is 26.3. The van der Waals surface area contributed by atoms with E-state index in [1.807, 2.05) is 42.5 Å². The molecule has 5 aromatic carbocycles. The van der Waals surface area contributed by atoms with Gasteiger partial charge in [-0.15, -0.1) is 0 Å². The summed E-state index contributed by atoms with van der Waals surface area (Å²) >= 11 is 6.82. The second-order valence-corrected chi connectivity index (χ2v) is 11.4. The lowest BCUT2D eigenvalue weighted by Gasteiger charge is -2.27. The number of amides is 2. The van der Waals surface area contributed by atoms with Crippen molar-refractivity contribution in [3.63, 3.8) is 0 Å². The van der Waals surface area contributed by atoms with Crippen molar-refractivity contribution in [2.24, 2.45) is 0 Å². The van der Waals surface area contributed by atoms with Crippen molar-refractivity contribution in [3.05, 3.63) is 136 Å². The van der Waals surface area contributed by atoms with Gasteiger partial charge in [0.2, 0.25) is 5.91 Å². The Labute approximate surface area is 270 Å². The van der Waals surface area contributed by atoms with E-state index in [0.29, 0.717) is 31.8 Å². The number of aromatic hydroxyl groups is 1. The fraction of sp³-hybridized carbons (Fsp3) is 0.0588. The fourth-order valence-corrected chi connectivity index (χ4v) is 5.78. The number of hydrogen-bond donors (Lipinski definition) is 4. The molecule has 0 aliphatic heterocycles. The van der Waals surface area contributed by atoms with Gasteiger partial charge in [-0.1, -0.05) is 82.7 Å². The van der Waals surface area contributed by atoms with Gasteiger partial charge in [-0.2, -0.15) is 0 Å². The van der Waals surface area contributed by atoms with Crippen molar-refractivity contribution in [3.8, 4) is 11.5 Å². The van der Waals surface area contributed by atoms with Crippen LogP contribution in [0.2, 0.25) is 0 Å². The molecule has 0 aliphatic carbocycles. The standard InChI is InChI=1S/C34H27Br2N3O5/c35-22-19-25(32(41)26(36)20-22)33(44-34(42)39-28-16-8-10-21-9-4-5-13-24(21)28)30(43-23-11-2-1-3-12-23)17-18-31(40)38-29-15-7-6-14-27(29)37/h1-20,30,33,41H,37H2,(H,38,40)(H,39,42)/b18-17+/t30-,33-/m1/s1. The summed E-state index contributed by atoms with van der Waals surface area (Å²) in [4.78, 5) is 26.4. The molecule has 2 amide bonds. The molecule has 0 saturated carbocycles. The molecule has 0 saturated heterocycles. The van der Waals surface area contributed by atoms with Gasteiger partial charge in [0.1, 0.15) is 11.5 Å². The summed E-state index contributed by atoms with van der Waals surface area (Å²) in [6.45, 7) is 0. The predicted octanol–water partition coefficient (Wildman–Crippen LogP) is 8.58. The van der Waals surface area contributed by atoms with Crippen LogP contribution < -0.4 is 21.1 Å². The first-order valence-electron chi connectivity index (χ1n) is 13.5. The SMILES string of the molecule is Nc1ccccc1NC(=O)/C=C/[C@@H](Oc1ccccc1)[C@H](OC(=O)Nc1cccc2ccccc12)c1cc(Br)cc(Br)c1O. The summed E-state index contributed by atoms with van der Waals surface area (Å²) in [5.74, 6) is -0.192. The molecule has 8 nitrogen and oxygen atoms in total. The van der Waals surface area contributed by atoms with Gasteiger partial charge < -0.3 is 25.6 Å². The quantitative estimate of drug-likeness (QED) is 0.0895. The molecule has 2 atom stereocenters. The summed E-state index contributed by atoms with van der Waals surface area (Å²) in [5, 5.41) is 18.4. The molecule has 0 aromatic heterocycles. The third-order valence-corrected chi connectivity index (χ3v) is 7.66. The number of anilines is 3. The lowest BCUT2D eigenvalue weighted by atomic mass is 10.0. The predicted molar refractivity (Wildman–Crippen MR) is 180 cm³/mol. The highest BCUT2D eigenvalue weighted by atomic mass is 79.9. The highest BCUT2D eigenvalue weighted by Crippen LogP contribution is 2.39. The van der Waals surface area contributed by atoms with Gasteiger partial charge >= 0.3 is 6.09 Å². The highest BCUT2D eigenvalue weighted by molar-refractivity contribution is 9.11. The normalized spacial score (nSPS) is 12.4. The van der Waals surface area contributed by atoms with Crippen LogP contribution in [0.3, 0.4) is 0 Å². The van der Waals surface area contributed by atoms with Gasteiger partial charge in [0, 0.05) is 21.5 Å². The van der Waals surface area contributed by atoms with E-state index in [0.717, 1.165) is 10.8 Å². The van der Waals surface area contributed by atoms with E-state index < -0.39 is 24.2 Å². The minimum Gasteiger partial charge on any atom is -0.506 e. The second-order valence-electron chi connectivity index (χ2n) is 9.63. The Morgan fingerprint density at radius 2 is 1.50 bits per heavy atom. The van der Waals surface area contributed by atoms with Gasteiger partial charge in [0.15, 0.2) is 12.2 Å². The monoisotopic (exact) mass is 715 g/mol. The molecule has 0 fully saturated rings. The molecule has 0 radical (unpaired) electrons. The Kier molecular flexibility index (Phi) is 9.83. The Bertz CT molecular complexity index is 1830. The van der Waals surface area contributed by atoms with Gasteiger partial charge in [-0.25, -0.2) is 4.79 Å². The fourth-order valence-electron chi connectivity index (χ4n) is 4.53. The first kappa shape index (κ1) is 30.7. The number of nitrogens with two attached hydrogens (primary N) is 1. The molecule has 0 heterocycles. The largest absolute Gasteiger partial charge is 0.506 e. The van der Waals surface area contributed by atoms with Crippen molar-refractivity contribution in [2.75, 3.05) is 16.4 Å². The molecule has 5 N–H and O–H groups in total. The van der Waals surface area contributed by atoms with E-state index in [1.165, 1.54) is 12.2 Å². The Hall–Kier alpha value is -4.80.